The van der Waals surface area contributed by atoms with E-state index in [1.54, 1.807) is 0 Å². The van der Waals surface area contributed by atoms with Crippen LogP contribution >= 0.6 is 0 Å². The van der Waals surface area contributed by atoms with Crippen molar-refractivity contribution in [3.05, 3.63) is 59.7 Å². The summed E-state index contributed by atoms with van der Waals surface area (Å²) in [7, 11) is 0. The molecule has 4 rings (SSSR count). The summed E-state index contributed by atoms with van der Waals surface area (Å²) in [5.74, 6) is 0.239. The van der Waals surface area contributed by atoms with Crippen LogP contribution in [0.15, 0.2) is 48.5 Å². The molecule has 2 aromatic rings. The monoisotopic (exact) mass is 415 g/mol. The minimum Gasteiger partial charge on any atom is -0.480 e. The molecule has 0 aliphatic carbocycles. The molecule has 164 valence electrons. The van der Waals surface area contributed by atoms with E-state index in [2.05, 4.69) is 0 Å². The molecule has 0 unspecified atom stereocenters. The minimum atomic E-state index is -0.880. The molecule has 0 saturated carbocycles. The fraction of sp³-hybridized carbons (Fsp3) is 0.417. The Labute approximate surface area is 179 Å². The highest BCUT2D eigenvalue weighted by Gasteiger charge is 2.25. The lowest BCUT2D eigenvalue weighted by Crippen LogP contribution is -2.36. The summed E-state index contributed by atoms with van der Waals surface area (Å²) in [6, 6.07) is 15.3. The number of benzene rings is 2. The number of fused-ring (bicyclic) bond motifs is 2. The normalized spacial score (nSPS) is 17.9. The van der Waals surface area contributed by atoms with E-state index >= 15 is 0 Å². The third-order valence-electron chi connectivity index (χ3n) is 4.43. The third-order valence-corrected chi connectivity index (χ3v) is 4.43. The van der Waals surface area contributed by atoms with E-state index in [9.17, 15) is 9.59 Å². The molecule has 0 spiro atoms. The van der Waals surface area contributed by atoms with Crippen LogP contribution in [0.25, 0.3) is 0 Å². The van der Waals surface area contributed by atoms with Gasteiger partial charge in [0, 0.05) is 0 Å². The number of primary amides is 1. The smallest absolute Gasteiger partial charge is 0.344 e. The van der Waals surface area contributed by atoms with E-state index in [1.165, 1.54) is 0 Å². The molecule has 6 heteroatoms. The molecule has 1 amide bonds. The topological polar surface area (TPSA) is 98.9 Å². The lowest BCUT2D eigenvalue weighted by atomic mass is 10.0. The maximum absolute atomic E-state index is 10.9. The molecule has 0 aromatic heterocycles. The Morgan fingerprint density at radius 3 is 1.63 bits per heavy atom. The fourth-order valence-electron chi connectivity index (χ4n) is 3.02. The Morgan fingerprint density at radius 2 is 1.20 bits per heavy atom. The summed E-state index contributed by atoms with van der Waals surface area (Å²) in [5.41, 5.74) is 7.41. The second kappa shape index (κ2) is 13.2. The molecule has 0 saturated heterocycles. The first-order valence-corrected chi connectivity index (χ1v) is 10.6. The Hall–Kier alpha value is -3.02. The quantitative estimate of drug-likeness (QED) is 0.758. The first kappa shape index (κ1) is 25.0. The van der Waals surface area contributed by atoms with Crippen LogP contribution in [0.2, 0.25) is 0 Å². The van der Waals surface area contributed by atoms with Gasteiger partial charge in [0.1, 0.15) is 11.5 Å². The van der Waals surface area contributed by atoms with Crippen LogP contribution in [-0.2, 0) is 22.4 Å². The maximum atomic E-state index is 10.9. The van der Waals surface area contributed by atoms with Gasteiger partial charge >= 0.3 is 5.97 Å². The number of carbonyl (C=O) groups is 2. The van der Waals surface area contributed by atoms with Crippen molar-refractivity contribution in [1.29, 1.82) is 0 Å². The second-order valence-electron chi connectivity index (χ2n) is 6.25. The van der Waals surface area contributed by atoms with Gasteiger partial charge in [0.2, 0.25) is 0 Å². The van der Waals surface area contributed by atoms with Crippen LogP contribution in [-0.4, -0.2) is 29.2 Å². The molecule has 2 heterocycles. The Balaban J connectivity index is 0.000000258. The van der Waals surface area contributed by atoms with E-state index in [-0.39, 0.29) is 5.91 Å². The van der Waals surface area contributed by atoms with Crippen LogP contribution in [0.1, 0.15) is 51.7 Å². The highest BCUT2D eigenvalue weighted by molar-refractivity contribution is 5.79. The lowest BCUT2D eigenvalue weighted by molar-refractivity contribution is -0.145. The number of carbonyl (C=O) groups excluding carboxylic acids is 1. The van der Waals surface area contributed by atoms with E-state index in [1.807, 2.05) is 76.2 Å². The van der Waals surface area contributed by atoms with Crippen molar-refractivity contribution < 1.29 is 24.2 Å². The number of nitrogens with two attached hydrogens (primary N) is 1. The summed E-state index contributed by atoms with van der Waals surface area (Å²) in [6.07, 6.45) is 1.78. The van der Waals surface area contributed by atoms with Crippen LogP contribution in [0.4, 0.5) is 0 Å². The molecule has 6 nitrogen and oxygen atoms in total. The summed E-state index contributed by atoms with van der Waals surface area (Å²) < 4.78 is 10.7. The van der Waals surface area contributed by atoms with E-state index in [0.717, 1.165) is 29.7 Å². The van der Waals surface area contributed by atoms with Crippen molar-refractivity contribution in [2.75, 3.05) is 0 Å². The van der Waals surface area contributed by atoms with Gasteiger partial charge in [-0.25, -0.2) is 4.79 Å². The number of carboxylic acids is 1. The number of carboxylic acid groups (broad SMARTS) is 1. The highest BCUT2D eigenvalue weighted by atomic mass is 16.5. The molecule has 30 heavy (non-hydrogen) atoms. The molecule has 0 fully saturated rings. The van der Waals surface area contributed by atoms with Crippen molar-refractivity contribution in [1.82, 2.24) is 0 Å². The largest absolute Gasteiger partial charge is 0.480 e. The summed E-state index contributed by atoms with van der Waals surface area (Å²) in [5, 5.41) is 8.74. The standard InChI is InChI=1S/C10H11NO2.C10H10O3.2C2H6/c2*11-10(12)9-6-5-7-3-1-2-4-8(7)13-9;2*1-2/h1-4,9H,5-6H2,(H2,11,12);1-4,9H,5-6H2,(H,11,12);2*1-2H3/t2*9-;;/m11../s1. The average molecular weight is 416 g/mol. The van der Waals surface area contributed by atoms with Gasteiger partial charge in [-0.2, -0.15) is 0 Å². The van der Waals surface area contributed by atoms with Gasteiger partial charge in [0.15, 0.2) is 12.2 Å². The van der Waals surface area contributed by atoms with Gasteiger partial charge in [-0.15, -0.1) is 0 Å². The van der Waals surface area contributed by atoms with E-state index in [0.29, 0.717) is 18.6 Å². The number of aliphatic carboxylic acids is 1. The van der Waals surface area contributed by atoms with Crippen molar-refractivity contribution in [3.8, 4) is 11.5 Å². The van der Waals surface area contributed by atoms with Crippen molar-refractivity contribution in [3.63, 3.8) is 0 Å². The van der Waals surface area contributed by atoms with Crippen LogP contribution in [0, 0.1) is 0 Å². The van der Waals surface area contributed by atoms with Gasteiger partial charge in [-0.3, -0.25) is 4.79 Å². The number of hydrogen-bond donors (Lipinski definition) is 2. The molecular weight excluding hydrogens is 382 g/mol. The second-order valence-corrected chi connectivity index (χ2v) is 6.25. The third kappa shape index (κ3) is 7.10. The van der Waals surface area contributed by atoms with Gasteiger partial charge in [-0.1, -0.05) is 64.1 Å². The highest BCUT2D eigenvalue weighted by Crippen LogP contribution is 2.27. The molecule has 3 N–H and O–H groups in total. The zero-order valence-corrected chi connectivity index (χ0v) is 18.3. The molecule has 2 aliphatic heterocycles. The van der Waals surface area contributed by atoms with E-state index < -0.39 is 18.2 Å². The van der Waals surface area contributed by atoms with Crippen LogP contribution in [0.3, 0.4) is 0 Å². The van der Waals surface area contributed by atoms with Crippen LogP contribution < -0.4 is 15.2 Å². The Morgan fingerprint density at radius 1 is 0.800 bits per heavy atom. The predicted octanol–water partition coefficient (Wildman–Crippen LogP) is 4.38. The number of para-hydroxylation sites is 2. The Kier molecular flexibility index (Phi) is 11.0. The van der Waals surface area contributed by atoms with Gasteiger partial charge < -0.3 is 20.3 Å². The molecular formula is C24H33NO5. The van der Waals surface area contributed by atoms with Gasteiger partial charge in [0.05, 0.1) is 0 Å². The molecule has 2 aromatic carbocycles. The first-order valence-electron chi connectivity index (χ1n) is 10.6. The first-order chi connectivity index (χ1) is 14.5. The lowest BCUT2D eigenvalue weighted by Gasteiger charge is -2.23. The molecule has 0 bridgehead atoms. The number of hydrogen-bond acceptors (Lipinski definition) is 4. The summed E-state index contributed by atoms with van der Waals surface area (Å²) in [4.78, 5) is 21.5. The van der Waals surface area contributed by atoms with Crippen molar-refractivity contribution >= 4 is 11.9 Å². The number of ether oxygens (including phenoxy) is 2. The summed E-state index contributed by atoms with van der Waals surface area (Å²) in [6.45, 7) is 8.00. The minimum absolute atomic E-state index is 0.380. The van der Waals surface area contributed by atoms with E-state index in [4.69, 9.17) is 20.3 Å². The van der Waals surface area contributed by atoms with Gasteiger partial charge in [-0.05, 0) is 48.9 Å². The average Bonchev–Trinajstić information content (AvgIpc) is 2.81. The SMILES string of the molecule is CC.CC.NC(=O)[C@H]1CCc2ccccc2O1.O=C(O)[C@H]1CCc2ccccc2O1. The number of amides is 1. The molecule has 2 atom stereocenters. The maximum Gasteiger partial charge on any atom is 0.344 e. The zero-order chi connectivity index (χ0) is 22.5. The summed E-state index contributed by atoms with van der Waals surface area (Å²) >= 11 is 0. The molecule has 0 radical (unpaired) electrons. The number of rotatable bonds is 2. The zero-order valence-electron chi connectivity index (χ0n) is 18.3. The molecule has 2 aliphatic rings. The Bertz CT molecular complexity index is 738. The fourth-order valence-corrected chi connectivity index (χ4v) is 3.02. The van der Waals surface area contributed by atoms with Crippen LogP contribution in [0.5, 0.6) is 11.5 Å². The number of aryl methyl sites for hydroxylation is 2. The van der Waals surface area contributed by atoms with Gasteiger partial charge in [0.25, 0.3) is 5.91 Å². The van der Waals surface area contributed by atoms with Crippen molar-refractivity contribution in [2.45, 2.75) is 65.6 Å². The van der Waals surface area contributed by atoms with Crippen molar-refractivity contribution in [2.24, 2.45) is 5.73 Å². The predicted molar refractivity (Wildman–Crippen MR) is 118 cm³/mol.